The van der Waals surface area contributed by atoms with Gasteiger partial charge in [-0.1, -0.05) is 27.7 Å². The number of hydrogen-bond donors (Lipinski definition) is 2. The zero-order valence-electron chi connectivity index (χ0n) is 14.2. The Labute approximate surface area is 138 Å². The van der Waals surface area contributed by atoms with Gasteiger partial charge in [-0.25, -0.2) is 9.98 Å². The summed E-state index contributed by atoms with van der Waals surface area (Å²) in [6, 6.07) is 0.589. The molecule has 1 unspecified atom stereocenters. The first kappa shape index (κ1) is 17.2. The fourth-order valence-electron chi connectivity index (χ4n) is 2.70. The summed E-state index contributed by atoms with van der Waals surface area (Å²) in [6.07, 6.45) is 2.53. The van der Waals surface area contributed by atoms with Crippen molar-refractivity contribution < 1.29 is 0 Å². The molecule has 1 aliphatic heterocycles. The van der Waals surface area contributed by atoms with Crippen LogP contribution in [0.3, 0.4) is 0 Å². The van der Waals surface area contributed by atoms with Crippen LogP contribution in [-0.4, -0.2) is 41.5 Å². The van der Waals surface area contributed by atoms with Crippen molar-refractivity contribution in [2.45, 2.75) is 58.5 Å². The molecule has 2 rings (SSSR count). The average Bonchev–Trinajstić information content (AvgIpc) is 3.10. The molecule has 1 aromatic rings. The Morgan fingerprint density at radius 1 is 1.55 bits per heavy atom. The number of likely N-dealkylation sites (N-methyl/N-ethyl adjacent to an activating group) is 1. The van der Waals surface area contributed by atoms with Crippen molar-refractivity contribution in [3.8, 4) is 0 Å². The van der Waals surface area contributed by atoms with E-state index in [2.05, 4.69) is 53.3 Å². The average molecular weight is 324 g/mol. The molecule has 1 aromatic heterocycles. The number of aliphatic imine (C=N–C) groups is 1. The van der Waals surface area contributed by atoms with Gasteiger partial charge in [0.25, 0.3) is 0 Å². The molecule has 0 bridgehead atoms. The van der Waals surface area contributed by atoms with Crippen molar-refractivity contribution in [3.63, 3.8) is 0 Å². The second-order valence-electron chi connectivity index (χ2n) is 6.88. The molecule has 2 heterocycles. The van der Waals surface area contributed by atoms with Crippen LogP contribution in [0.15, 0.2) is 10.4 Å². The molecule has 0 saturated carbocycles. The number of hydrogen-bond acceptors (Lipinski definition) is 4. The van der Waals surface area contributed by atoms with E-state index in [1.807, 2.05) is 0 Å². The summed E-state index contributed by atoms with van der Waals surface area (Å²) >= 11 is 1.66. The first-order valence-corrected chi connectivity index (χ1v) is 9.01. The van der Waals surface area contributed by atoms with Gasteiger partial charge in [0.15, 0.2) is 5.96 Å². The summed E-state index contributed by atoms with van der Waals surface area (Å²) in [5.74, 6) is 0.524. The summed E-state index contributed by atoms with van der Waals surface area (Å²) < 4.78 is 0. The SMILES string of the molecule is CCN1CCCC1CNC(N)=NCc1nc(C(C)(C)C)cs1. The summed E-state index contributed by atoms with van der Waals surface area (Å²) in [5, 5.41) is 6.40. The maximum Gasteiger partial charge on any atom is 0.189 e. The van der Waals surface area contributed by atoms with Gasteiger partial charge in [0.1, 0.15) is 5.01 Å². The van der Waals surface area contributed by atoms with Crippen molar-refractivity contribution in [1.29, 1.82) is 0 Å². The molecular weight excluding hydrogens is 294 g/mol. The van der Waals surface area contributed by atoms with Crippen LogP contribution in [0, 0.1) is 0 Å². The van der Waals surface area contributed by atoms with Crippen LogP contribution in [0.2, 0.25) is 0 Å². The molecule has 0 spiro atoms. The summed E-state index contributed by atoms with van der Waals surface area (Å²) in [7, 11) is 0. The maximum atomic E-state index is 5.98. The largest absolute Gasteiger partial charge is 0.370 e. The smallest absolute Gasteiger partial charge is 0.189 e. The molecule has 1 saturated heterocycles. The molecule has 0 aromatic carbocycles. The van der Waals surface area contributed by atoms with E-state index < -0.39 is 0 Å². The fourth-order valence-corrected chi connectivity index (χ4v) is 3.65. The molecule has 6 heteroatoms. The predicted octanol–water partition coefficient (Wildman–Crippen LogP) is 2.33. The van der Waals surface area contributed by atoms with Gasteiger partial charge in [0, 0.05) is 23.4 Å². The molecule has 3 N–H and O–H groups in total. The van der Waals surface area contributed by atoms with Gasteiger partial charge in [0.05, 0.1) is 12.2 Å². The van der Waals surface area contributed by atoms with E-state index in [0.29, 0.717) is 18.5 Å². The molecule has 1 atom stereocenters. The monoisotopic (exact) mass is 323 g/mol. The zero-order valence-corrected chi connectivity index (χ0v) is 15.0. The van der Waals surface area contributed by atoms with E-state index in [4.69, 9.17) is 5.73 Å². The van der Waals surface area contributed by atoms with Crippen molar-refractivity contribution in [3.05, 3.63) is 16.1 Å². The maximum absolute atomic E-state index is 5.98. The summed E-state index contributed by atoms with van der Waals surface area (Å²) in [6.45, 7) is 12.5. The Morgan fingerprint density at radius 3 is 2.95 bits per heavy atom. The highest BCUT2D eigenvalue weighted by atomic mass is 32.1. The first-order valence-electron chi connectivity index (χ1n) is 8.13. The minimum absolute atomic E-state index is 0.0916. The molecule has 0 aliphatic carbocycles. The van der Waals surface area contributed by atoms with Crippen molar-refractivity contribution >= 4 is 17.3 Å². The number of guanidine groups is 1. The van der Waals surface area contributed by atoms with E-state index in [0.717, 1.165) is 23.8 Å². The highest BCUT2D eigenvalue weighted by molar-refractivity contribution is 7.09. The van der Waals surface area contributed by atoms with Gasteiger partial charge in [0.2, 0.25) is 0 Å². The van der Waals surface area contributed by atoms with Gasteiger partial charge < -0.3 is 11.1 Å². The van der Waals surface area contributed by atoms with E-state index in [1.165, 1.54) is 19.4 Å². The molecule has 1 fully saturated rings. The number of aromatic nitrogens is 1. The third kappa shape index (κ3) is 4.68. The van der Waals surface area contributed by atoms with E-state index in [-0.39, 0.29) is 5.41 Å². The number of nitrogens with one attached hydrogen (secondary N) is 1. The third-order valence-corrected chi connectivity index (χ3v) is 4.96. The second-order valence-corrected chi connectivity index (χ2v) is 7.83. The van der Waals surface area contributed by atoms with E-state index in [1.54, 1.807) is 11.3 Å². The molecule has 0 amide bonds. The van der Waals surface area contributed by atoms with Crippen LogP contribution in [0.4, 0.5) is 0 Å². The topological polar surface area (TPSA) is 66.5 Å². The van der Waals surface area contributed by atoms with Gasteiger partial charge in [-0.2, -0.15) is 0 Å². The molecule has 5 nitrogen and oxygen atoms in total. The predicted molar refractivity (Wildman–Crippen MR) is 94.4 cm³/mol. The number of rotatable bonds is 5. The lowest BCUT2D eigenvalue weighted by Gasteiger charge is -2.23. The Bertz CT molecular complexity index is 503. The Morgan fingerprint density at radius 2 is 2.32 bits per heavy atom. The molecule has 0 radical (unpaired) electrons. The zero-order chi connectivity index (χ0) is 16.2. The van der Waals surface area contributed by atoms with Crippen LogP contribution >= 0.6 is 11.3 Å². The van der Waals surface area contributed by atoms with Crippen LogP contribution in [0.1, 0.15) is 51.2 Å². The molecule has 124 valence electrons. The minimum atomic E-state index is 0.0916. The highest BCUT2D eigenvalue weighted by Crippen LogP contribution is 2.24. The number of nitrogens with two attached hydrogens (primary N) is 1. The van der Waals surface area contributed by atoms with Crippen LogP contribution < -0.4 is 11.1 Å². The minimum Gasteiger partial charge on any atom is -0.370 e. The quantitative estimate of drug-likeness (QED) is 0.645. The van der Waals surface area contributed by atoms with E-state index in [9.17, 15) is 0 Å². The number of likely N-dealkylation sites (tertiary alicyclic amines) is 1. The fraction of sp³-hybridized carbons (Fsp3) is 0.750. The number of thiazole rings is 1. The lowest BCUT2D eigenvalue weighted by atomic mass is 9.93. The normalized spacial score (nSPS) is 20.5. The van der Waals surface area contributed by atoms with Gasteiger partial charge in [-0.3, -0.25) is 4.90 Å². The van der Waals surface area contributed by atoms with Crippen LogP contribution in [0.5, 0.6) is 0 Å². The van der Waals surface area contributed by atoms with Gasteiger partial charge >= 0.3 is 0 Å². The first-order chi connectivity index (χ1) is 10.4. The highest BCUT2D eigenvalue weighted by Gasteiger charge is 2.22. The molecule has 22 heavy (non-hydrogen) atoms. The third-order valence-electron chi connectivity index (χ3n) is 4.13. The van der Waals surface area contributed by atoms with Crippen molar-refractivity contribution in [1.82, 2.24) is 15.2 Å². The van der Waals surface area contributed by atoms with E-state index >= 15 is 0 Å². The molecular formula is C16H29N5S. The lowest BCUT2D eigenvalue weighted by Crippen LogP contribution is -2.42. The van der Waals surface area contributed by atoms with Gasteiger partial charge in [-0.05, 0) is 25.9 Å². The Balaban J connectivity index is 1.81. The summed E-state index contributed by atoms with van der Waals surface area (Å²) in [5.41, 5.74) is 7.19. The Hall–Kier alpha value is -1.14. The van der Waals surface area contributed by atoms with Gasteiger partial charge in [-0.15, -0.1) is 11.3 Å². The lowest BCUT2D eigenvalue weighted by molar-refractivity contribution is 0.267. The van der Waals surface area contributed by atoms with Crippen LogP contribution in [-0.2, 0) is 12.0 Å². The molecule has 1 aliphatic rings. The standard InChI is InChI=1S/C16H29N5S/c1-5-21-8-6-7-12(21)9-18-15(17)19-10-14-20-13(11-22-14)16(2,3)4/h11-12H,5-10H2,1-4H3,(H3,17,18,19). The Kier molecular flexibility index (Phi) is 5.81. The van der Waals surface area contributed by atoms with Crippen LogP contribution in [0.25, 0.3) is 0 Å². The summed E-state index contributed by atoms with van der Waals surface area (Å²) in [4.78, 5) is 11.5. The number of nitrogens with zero attached hydrogens (tertiary/aromatic N) is 3. The second kappa shape index (κ2) is 7.42. The van der Waals surface area contributed by atoms with Crippen molar-refractivity contribution in [2.24, 2.45) is 10.7 Å². The van der Waals surface area contributed by atoms with Crippen molar-refractivity contribution in [2.75, 3.05) is 19.6 Å².